The molecule has 3 aromatic rings. The Hall–Kier alpha value is -3.13. The van der Waals surface area contributed by atoms with E-state index in [4.69, 9.17) is 16.2 Å². The average molecular weight is 383 g/mol. The van der Waals surface area contributed by atoms with Crippen molar-refractivity contribution < 1.29 is 14.6 Å². The summed E-state index contributed by atoms with van der Waals surface area (Å²) in [6, 6.07) is 9.23. The number of pyridine rings is 1. The number of hydrogen-bond donors (Lipinski definition) is 3. The van der Waals surface area contributed by atoms with Gasteiger partial charge in [0, 0.05) is 29.0 Å². The molecule has 8 nitrogen and oxygen atoms in total. The fourth-order valence-electron chi connectivity index (χ4n) is 2.98. The van der Waals surface area contributed by atoms with E-state index in [0.29, 0.717) is 30.3 Å². The largest absolute Gasteiger partial charge is 0.478 e. The number of nitrogen functional groups attached to an aromatic ring is 1. The van der Waals surface area contributed by atoms with Gasteiger partial charge in [0.1, 0.15) is 17.1 Å². The molecule has 0 aliphatic carbocycles. The van der Waals surface area contributed by atoms with E-state index in [1.165, 1.54) is 4.68 Å². The molecule has 2 heterocycles. The Bertz CT molecular complexity index is 1030. The van der Waals surface area contributed by atoms with Crippen LogP contribution in [0.25, 0.3) is 22.2 Å². The molecule has 0 radical (unpaired) electrons. The van der Waals surface area contributed by atoms with E-state index < -0.39 is 11.3 Å². The topological polar surface area (TPSA) is 129 Å². The molecular formula is C20H25N5O3. The Morgan fingerprint density at radius 3 is 2.68 bits per heavy atom. The number of primary amides is 1. The number of fused-ring (bicyclic) bond motifs is 1. The molecule has 3 rings (SSSR count). The number of carbonyl (C=O) groups excluding carboxylic acids is 1. The highest BCUT2D eigenvalue weighted by Crippen LogP contribution is 2.31. The van der Waals surface area contributed by atoms with Gasteiger partial charge < -0.3 is 21.3 Å². The molecule has 8 heteroatoms. The Kier molecular flexibility index (Phi) is 5.24. The van der Waals surface area contributed by atoms with E-state index in [9.17, 15) is 9.90 Å². The maximum absolute atomic E-state index is 12.1. The summed E-state index contributed by atoms with van der Waals surface area (Å²) in [5.74, 6) is 0.0970. The van der Waals surface area contributed by atoms with Gasteiger partial charge in [0.25, 0.3) is 5.91 Å². The maximum atomic E-state index is 12.1. The highest BCUT2D eigenvalue weighted by Gasteiger charge is 2.25. The van der Waals surface area contributed by atoms with Gasteiger partial charge in [-0.25, -0.2) is 9.67 Å². The smallest absolute Gasteiger partial charge is 0.254 e. The molecule has 0 aliphatic heterocycles. The van der Waals surface area contributed by atoms with Crippen LogP contribution in [0, 0.1) is 5.41 Å². The highest BCUT2D eigenvalue weighted by molar-refractivity contribution is 6.04. The van der Waals surface area contributed by atoms with Crippen LogP contribution in [-0.4, -0.2) is 39.0 Å². The molecule has 1 aromatic carbocycles. The SMILES string of the molecule is CCOc1ccc2cc(-c3nn(CC(C)(C)CO)c(N)c3C(N)=O)ccc2n1. The van der Waals surface area contributed by atoms with Gasteiger partial charge in [-0.15, -0.1) is 0 Å². The molecule has 0 spiro atoms. The third kappa shape index (κ3) is 3.77. The van der Waals surface area contributed by atoms with Crippen molar-refractivity contribution >= 4 is 22.6 Å². The van der Waals surface area contributed by atoms with Gasteiger partial charge >= 0.3 is 0 Å². The van der Waals surface area contributed by atoms with Crippen molar-refractivity contribution in [1.82, 2.24) is 14.8 Å². The van der Waals surface area contributed by atoms with Gasteiger partial charge in [0.15, 0.2) is 0 Å². The zero-order chi connectivity index (χ0) is 20.5. The number of hydrogen-bond acceptors (Lipinski definition) is 6. The summed E-state index contributed by atoms with van der Waals surface area (Å²) >= 11 is 0. The molecule has 0 saturated heterocycles. The van der Waals surface area contributed by atoms with Gasteiger partial charge in [-0.1, -0.05) is 19.9 Å². The van der Waals surface area contributed by atoms with E-state index in [1.54, 1.807) is 6.07 Å². The Balaban J connectivity index is 2.09. The molecule has 148 valence electrons. The first-order valence-electron chi connectivity index (χ1n) is 9.06. The van der Waals surface area contributed by atoms with Crippen LogP contribution in [-0.2, 0) is 6.54 Å². The van der Waals surface area contributed by atoms with Crippen molar-refractivity contribution in [2.75, 3.05) is 18.9 Å². The highest BCUT2D eigenvalue weighted by atomic mass is 16.5. The number of anilines is 1. The second-order valence-electron chi connectivity index (χ2n) is 7.44. The number of nitrogens with zero attached hydrogens (tertiary/aromatic N) is 3. The first kappa shape index (κ1) is 19.6. The molecule has 1 amide bonds. The Morgan fingerprint density at radius 1 is 1.29 bits per heavy atom. The van der Waals surface area contributed by atoms with Crippen molar-refractivity contribution in [2.24, 2.45) is 11.1 Å². The molecule has 0 fully saturated rings. The fraction of sp³-hybridized carbons (Fsp3) is 0.350. The predicted octanol–water partition coefficient (Wildman–Crippen LogP) is 2.20. The van der Waals surface area contributed by atoms with E-state index in [1.807, 2.05) is 45.0 Å². The monoisotopic (exact) mass is 383 g/mol. The van der Waals surface area contributed by atoms with Gasteiger partial charge in [-0.2, -0.15) is 5.10 Å². The van der Waals surface area contributed by atoms with Crippen molar-refractivity contribution in [1.29, 1.82) is 0 Å². The Labute approximate surface area is 163 Å². The summed E-state index contributed by atoms with van der Waals surface area (Å²) in [6.45, 7) is 6.52. The van der Waals surface area contributed by atoms with Crippen LogP contribution in [0.1, 0.15) is 31.1 Å². The Morgan fingerprint density at radius 2 is 2.04 bits per heavy atom. The number of rotatable bonds is 7. The first-order chi connectivity index (χ1) is 13.3. The third-order valence-corrected chi connectivity index (χ3v) is 4.47. The summed E-state index contributed by atoms with van der Waals surface area (Å²) < 4.78 is 6.95. The minimum absolute atomic E-state index is 0.0443. The molecule has 0 atom stereocenters. The number of nitrogens with two attached hydrogens (primary N) is 2. The van der Waals surface area contributed by atoms with Gasteiger partial charge in [-0.05, 0) is 25.1 Å². The van der Waals surface area contributed by atoms with Gasteiger partial charge in [0.05, 0.1) is 18.7 Å². The second-order valence-corrected chi connectivity index (χ2v) is 7.44. The van der Waals surface area contributed by atoms with E-state index in [0.717, 1.165) is 10.9 Å². The lowest BCUT2D eigenvalue weighted by molar-refractivity contribution is 0.100. The van der Waals surface area contributed by atoms with Crippen LogP contribution in [0.5, 0.6) is 5.88 Å². The van der Waals surface area contributed by atoms with E-state index >= 15 is 0 Å². The number of benzene rings is 1. The zero-order valence-electron chi connectivity index (χ0n) is 16.3. The van der Waals surface area contributed by atoms with Crippen molar-refractivity contribution in [3.63, 3.8) is 0 Å². The standard InChI is InChI=1S/C20H25N5O3/c1-4-28-15-8-6-12-9-13(5-7-14(12)23-15)17-16(19(22)27)18(21)25(24-17)10-20(2,3)11-26/h5-9,26H,4,10-11,21H2,1-3H3,(H2,22,27). The minimum Gasteiger partial charge on any atom is -0.478 e. The first-order valence-corrected chi connectivity index (χ1v) is 9.06. The van der Waals surface area contributed by atoms with Crippen LogP contribution in [0.2, 0.25) is 0 Å². The average Bonchev–Trinajstić information content (AvgIpc) is 2.97. The van der Waals surface area contributed by atoms with Gasteiger partial charge in [-0.3, -0.25) is 4.79 Å². The lowest BCUT2D eigenvalue weighted by Gasteiger charge is -2.21. The molecule has 0 bridgehead atoms. The van der Waals surface area contributed by atoms with Crippen LogP contribution >= 0.6 is 0 Å². The summed E-state index contributed by atoms with van der Waals surface area (Å²) in [4.78, 5) is 16.5. The summed E-state index contributed by atoms with van der Waals surface area (Å²) in [7, 11) is 0. The summed E-state index contributed by atoms with van der Waals surface area (Å²) in [5.41, 5.74) is 13.3. The molecule has 0 unspecified atom stereocenters. The maximum Gasteiger partial charge on any atom is 0.254 e. The fourth-order valence-corrected chi connectivity index (χ4v) is 2.98. The van der Waals surface area contributed by atoms with Crippen LogP contribution < -0.4 is 16.2 Å². The third-order valence-electron chi connectivity index (χ3n) is 4.47. The summed E-state index contributed by atoms with van der Waals surface area (Å²) in [6.07, 6.45) is 0. The number of amides is 1. The molecule has 28 heavy (non-hydrogen) atoms. The second kappa shape index (κ2) is 7.47. The van der Waals surface area contributed by atoms with Crippen molar-refractivity contribution in [3.8, 4) is 17.1 Å². The molecule has 2 aromatic heterocycles. The summed E-state index contributed by atoms with van der Waals surface area (Å²) in [5, 5.41) is 14.9. The van der Waals surface area contributed by atoms with E-state index in [-0.39, 0.29) is 18.0 Å². The predicted molar refractivity (Wildman–Crippen MR) is 108 cm³/mol. The number of aliphatic hydroxyl groups is 1. The number of carbonyl (C=O) groups is 1. The lowest BCUT2D eigenvalue weighted by Crippen LogP contribution is -2.25. The quantitative estimate of drug-likeness (QED) is 0.573. The number of ether oxygens (including phenoxy) is 1. The molecule has 0 aliphatic rings. The van der Waals surface area contributed by atoms with Crippen molar-refractivity contribution in [2.45, 2.75) is 27.3 Å². The van der Waals surface area contributed by atoms with Crippen molar-refractivity contribution in [3.05, 3.63) is 35.9 Å². The molecular weight excluding hydrogens is 358 g/mol. The molecule has 5 N–H and O–H groups in total. The number of aliphatic hydroxyl groups excluding tert-OH is 1. The zero-order valence-corrected chi connectivity index (χ0v) is 16.3. The van der Waals surface area contributed by atoms with Gasteiger partial charge in [0.2, 0.25) is 5.88 Å². The minimum atomic E-state index is -0.648. The normalized spacial score (nSPS) is 11.7. The van der Waals surface area contributed by atoms with Crippen LogP contribution in [0.3, 0.4) is 0 Å². The van der Waals surface area contributed by atoms with E-state index in [2.05, 4.69) is 10.1 Å². The molecule has 0 saturated carbocycles. The number of aromatic nitrogens is 3. The van der Waals surface area contributed by atoms with Crippen LogP contribution in [0.15, 0.2) is 30.3 Å². The lowest BCUT2D eigenvalue weighted by atomic mass is 9.95. The van der Waals surface area contributed by atoms with Crippen LogP contribution in [0.4, 0.5) is 5.82 Å².